The first-order valence-corrected chi connectivity index (χ1v) is 13.2. The van der Waals surface area contributed by atoms with Crippen molar-refractivity contribution in [2.75, 3.05) is 13.7 Å². The molecule has 1 atom stereocenters. The third-order valence-electron chi connectivity index (χ3n) is 6.36. The predicted molar refractivity (Wildman–Crippen MR) is 147 cm³/mol. The van der Waals surface area contributed by atoms with Crippen LogP contribution >= 0.6 is 11.3 Å². The Bertz CT molecular complexity index is 1610. The number of carbonyl (C=O) groups excluding carboxylic acids is 1. The summed E-state index contributed by atoms with van der Waals surface area (Å²) in [6, 6.07) is 5.43. The molecule has 1 amide bonds. The molecule has 2 N–H and O–H groups in total. The molecule has 0 radical (unpaired) electrons. The van der Waals surface area contributed by atoms with Crippen LogP contribution in [0.2, 0.25) is 0 Å². The van der Waals surface area contributed by atoms with E-state index < -0.39 is 40.6 Å². The van der Waals surface area contributed by atoms with Crippen LogP contribution in [0.5, 0.6) is 5.75 Å². The number of hydrogen-bond acceptors (Lipinski definition) is 8. The van der Waals surface area contributed by atoms with Gasteiger partial charge in [-0.2, -0.15) is 5.26 Å². The Labute approximate surface area is 233 Å². The van der Waals surface area contributed by atoms with E-state index in [2.05, 4.69) is 5.32 Å². The van der Waals surface area contributed by atoms with Crippen molar-refractivity contribution in [3.8, 4) is 11.8 Å². The number of aromatic carboxylic acids is 1. The molecule has 214 valence electrons. The molecular formula is C27H31FN4O7S. The van der Waals surface area contributed by atoms with Crippen LogP contribution in [-0.4, -0.2) is 45.9 Å². The van der Waals surface area contributed by atoms with Gasteiger partial charge in [-0.3, -0.25) is 14.2 Å². The summed E-state index contributed by atoms with van der Waals surface area (Å²) in [5, 5.41) is 21.5. The van der Waals surface area contributed by atoms with Gasteiger partial charge in [0.2, 0.25) is 5.91 Å². The van der Waals surface area contributed by atoms with E-state index >= 15 is 0 Å². The second kappa shape index (κ2) is 12.0. The minimum Gasteiger partial charge on any atom is -0.496 e. The molecule has 3 rings (SSSR count). The number of carboxylic acid groups (broad SMARTS) is 1. The number of aryl methyl sites for hydroxylation is 1. The number of nitrogens with one attached hydrogen (secondary N) is 1. The van der Waals surface area contributed by atoms with Gasteiger partial charge in [-0.1, -0.05) is 0 Å². The number of thiophene rings is 1. The fourth-order valence-electron chi connectivity index (χ4n) is 4.36. The predicted octanol–water partition coefficient (Wildman–Crippen LogP) is 3.31. The summed E-state index contributed by atoms with van der Waals surface area (Å²) in [6.45, 7) is 7.39. The van der Waals surface area contributed by atoms with Gasteiger partial charge in [-0.25, -0.2) is 18.5 Å². The third kappa shape index (κ3) is 5.78. The van der Waals surface area contributed by atoms with Crippen LogP contribution in [-0.2, 0) is 21.6 Å². The van der Waals surface area contributed by atoms with Crippen LogP contribution in [0, 0.1) is 24.1 Å². The number of ether oxygens (including phenoxy) is 2. The van der Waals surface area contributed by atoms with Gasteiger partial charge in [-0.05, 0) is 58.4 Å². The summed E-state index contributed by atoms with van der Waals surface area (Å²) >= 11 is 0.740. The summed E-state index contributed by atoms with van der Waals surface area (Å²) in [4.78, 5) is 52.8. The first-order valence-electron chi connectivity index (χ1n) is 12.4. The Morgan fingerprint density at radius 1 is 1.27 bits per heavy atom. The van der Waals surface area contributed by atoms with Crippen molar-refractivity contribution < 1.29 is 28.6 Å². The number of carboxylic acids is 1. The lowest BCUT2D eigenvalue weighted by atomic mass is 10.0. The largest absolute Gasteiger partial charge is 0.496 e. The summed E-state index contributed by atoms with van der Waals surface area (Å²) in [5.74, 6) is -2.22. The Morgan fingerprint density at radius 3 is 2.52 bits per heavy atom. The van der Waals surface area contributed by atoms with E-state index in [1.54, 1.807) is 13.8 Å². The highest BCUT2D eigenvalue weighted by molar-refractivity contribution is 7.20. The number of carbonyl (C=O) groups is 2. The number of nitriles is 1. The van der Waals surface area contributed by atoms with Gasteiger partial charge in [0, 0.05) is 11.6 Å². The maximum atomic E-state index is 14.3. The topological polar surface area (TPSA) is 153 Å². The Balaban J connectivity index is 2.38. The van der Waals surface area contributed by atoms with E-state index in [4.69, 9.17) is 14.7 Å². The number of halogens is 1. The second-order valence-corrected chi connectivity index (χ2v) is 10.9. The van der Waals surface area contributed by atoms with Gasteiger partial charge in [0.25, 0.3) is 5.56 Å². The molecule has 0 aliphatic carbocycles. The third-order valence-corrected chi connectivity index (χ3v) is 7.66. The first-order chi connectivity index (χ1) is 18.8. The summed E-state index contributed by atoms with van der Waals surface area (Å²) in [7, 11) is 1.38. The quantitative estimate of drug-likeness (QED) is 0.331. The molecule has 0 saturated heterocycles. The van der Waals surface area contributed by atoms with Crippen LogP contribution in [0.3, 0.4) is 0 Å². The number of rotatable bonds is 11. The number of nitrogens with zero attached hydrogens (tertiary/aromatic N) is 3. The van der Waals surface area contributed by atoms with Gasteiger partial charge in [0.15, 0.2) is 0 Å². The monoisotopic (exact) mass is 574 g/mol. The lowest BCUT2D eigenvalue weighted by molar-refractivity contribution is -0.129. The molecule has 13 heteroatoms. The maximum Gasteiger partial charge on any atom is 0.346 e. The molecule has 2 aromatic heterocycles. The average molecular weight is 575 g/mol. The normalized spacial score (nSPS) is 12.4. The number of benzene rings is 1. The van der Waals surface area contributed by atoms with Crippen LogP contribution in [0.15, 0.2) is 27.8 Å². The first kappa shape index (κ1) is 30.5. The van der Waals surface area contributed by atoms with Crippen molar-refractivity contribution in [2.24, 2.45) is 0 Å². The SMILES string of the molecule is COc1ccc(F)cc1C(Cn1c(=O)n(C(C)(C)C(=O)NC(C)C)c(=O)c2c(C)c(C(=O)O)sc21)OCCC#N. The molecule has 1 unspecified atom stereocenters. The highest BCUT2D eigenvalue weighted by atomic mass is 32.1. The molecule has 40 heavy (non-hydrogen) atoms. The molecule has 0 bridgehead atoms. The zero-order valence-corrected chi connectivity index (χ0v) is 23.8. The standard InChI is InChI=1S/C27H31FN4O7S/c1-14(2)30-25(36)27(4,5)32-22(33)20-15(3)21(24(34)35)40-23(20)31(26(32)37)13-19(39-11-7-10-29)17-12-16(28)8-9-18(17)38-6/h8-9,12,14,19H,7,11,13H2,1-6H3,(H,30,36)(H,34,35). The van der Waals surface area contributed by atoms with E-state index in [1.165, 1.54) is 46.1 Å². The fourth-order valence-corrected chi connectivity index (χ4v) is 5.50. The lowest BCUT2D eigenvalue weighted by Gasteiger charge is -2.28. The summed E-state index contributed by atoms with van der Waals surface area (Å²) in [5.41, 5.74) is -2.98. The van der Waals surface area contributed by atoms with Crippen molar-refractivity contribution in [3.05, 3.63) is 60.9 Å². The Hall–Kier alpha value is -4.02. The van der Waals surface area contributed by atoms with Crippen LogP contribution < -0.4 is 21.3 Å². The van der Waals surface area contributed by atoms with Gasteiger partial charge in [0.05, 0.1) is 38.1 Å². The van der Waals surface area contributed by atoms with E-state index in [-0.39, 0.29) is 57.6 Å². The Morgan fingerprint density at radius 2 is 1.95 bits per heavy atom. The minimum atomic E-state index is -1.67. The van der Waals surface area contributed by atoms with Crippen LogP contribution in [0.1, 0.15) is 61.0 Å². The van der Waals surface area contributed by atoms with Crippen molar-refractivity contribution in [3.63, 3.8) is 0 Å². The minimum absolute atomic E-state index is 0.00160. The van der Waals surface area contributed by atoms with E-state index in [0.717, 1.165) is 20.5 Å². The fraction of sp³-hybridized carbons (Fsp3) is 0.444. The van der Waals surface area contributed by atoms with Gasteiger partial charge in [-0.15, -0.1) is 11.3 Å². The van der Waals surface area contributed by atoms with Crippen molar-refractivity contribution in [1.29, 1.82) is 5.26 Å². The average Bonchev–Trinajstić information content (AvgIpc) is 3.22. The van der Waals surface area contributed by atoms with Crippen LogP contribution in [0.25, 0.3) is 10.2 Å². The number of hydrogen-bond donors (Lipinski definition) is 2. The van der Waals surface area contributed by atoms with Crippen molar-refractivity contribution in [1.82, 2.24) is 14.5 Å². The number of aromatic nitrogens is 2. The Kier molecular flexibility index (Phi) is 9.17. The molecule has 0 aliphatic heterocycles. The molecular weight excluding hydrogens is 543 g/mol. The molecule has 2 heterocycles. The van der Waals surface area contributed by atoms with E-state index in [0.29, 0.717) is 0 Å². The zero-order valence-electron chi connectivity index (χ0n) is 23.0. The van der Waals surface area contributed by atoms with Crippen molar-refractivity contribution in [2.45, 2.75) is 65.3 Å². The smallest absolute Gasteiger partial charge is 0.346 e. The molecule has 0 spiro atoms. The van der Waals surface area contributed by atoms with E-state index in [1.807, 2.05) is 6.07 Å². The summed E-state index contributed by atoms with van der Waals surface area (Å²) in [6.07, 6.45) is -1.05. The summed E-state index contributed by atoms with van der Waals surface area (Å²) < 4.78 is 27.6. The molecule has 0 saturated carbocycles. The van der Waals surface area contributed by atoms with Gasteiger partial charge < -0.3 is 19.9 Å². The molecule has 0 fully saturated rings. The molecule has 1 aromatic carbocycles. The maximum absolute atomic E-state index is 14.3. The van der Waals surface area contributed by atoms with Gasteiger partial charge in [0.1, 0.15) is 32.9 Å². The molecule has 3 aromatic rings. The number of fused-ring (bicyclic) bond motifs is 1. The highest BCUT2D eigenvalue weighted by Crippen LogP contribution is 2.33. The van der Waals surface area contributed by atoms with E-state index in [9.17, 15) is 28.7 Å². The lowest BCUT2D eigenvalue weighted by Crippen LogP contribution is -2.56. The van der Waals surface area contributed by atoms with Gasteiger partial charge >= 0.3 is 11.7 Å². The zero-order chi connectivity index (χ0) is 29.9. The van der Waals surface area contributed by atoms with Crippen molar-refractivity contribution >= 4 is 33.4 Å². The molecule has 0 aliphatic rings. The second-order valence-electron chi connectivity index (χ2n) is 9.92. The highest BCUT2D eigenvalue weighted by Gasteiger charge is 2.36. The molecule has 11 nitrogen and oxygen atoms in total. The number of amides is 1. The van der Waals surface area contributed by atoms with Crippen LogP contribution in [0.4, 0.5) is 4.39 Å². The number of methoxy groups -OCH3 is 1.